The Balaban J connectivity index is 1.85. The maximum atomic E-state index is 11.6. The number of hydrogen-bond acceptors (Lipinski definition) is 5. The van der Waals surface area contributed by atoms with Gasteiger partial charge in [0.15, 0.2) is 0 Å². The molecule has 0 bridgehead atoms. The second-order valence-electron chi connectivity index (χ2n) is 3.67. The van der Waals surface area contributed by atoms with Crippen molar-refractivity contribution in [3.63, 3.8) is 0 Å². The van der Waals surface area contributed by atoms with Gasteiger partial charge in [0.1, 0.15) is 5.69 Å². The van der Waals surface area contributed by atoms with Crippen LogP contribution in [0.5, 0.6) is 0 Å². The fourth-order valence-electron chi connectivity index (χ4n) is 1.39. The summed E-state index contributed by atoms with van der Waals surface area (Å²) >= 11 is 1.59. The van der Waals surface area contributed by atoms with E-state index in [-0.39, 0.29) is 17.2 Å². The summed E-state index contributed by atoms with van der Waals surface area (Å²) < 4.78 is 0. The van der Waals surface area contributed by atoms with Crippen molar-refractivity contribution in [3.05, 3.63) is 44.3 Å². The van der Waals surface area contributed by atoms with Gasteiger partial charge in [-0.05, 0) is 13.0 Å². The predicted octanol–water partition coefficient (Wildman–Crippen LogP) is 0.507. The molecule has 0 saturated carbocycles. The number of H-pyrrole nitrogens is 1. The molecule has 0 saturated heterocycles. The second-order valence-corrected chi connectivity index (χ2v) is 4.73. The molecule has 2 aromatic heterocycles. The normalized spacial score (nSPS) is 10.3. The van der Waals surface area contributed by atoms with Gasteiger partial charge in [-0.15, -0.1) is 11.3 Å². The van der Waals surface area contributed by atoms with Crippen molar-refractivity contribution in [2.24, 2.45) is 0 Å². The number of aromatic amines is 1. The average Bonchev–Trinajstić information content (AvgIpc) is 2.76. The summed E-state index contributed by atoms with van der Waals surface area (Å²) in [6, 6.07) is 2.66. The molecule has 0 aromatic carbocycles. The van der Waals surface area contributed by atoms with Gasteiger partial charge in [0.25, 0.3) is 11.5 Å². The molecule has 0 aliphatic heterocycles. The Morgan fingerprint density at radius 1 is 1.50 bits per heavy atom. The Kier molecular flexibility index (Phi) is 3.83. The molecule has 1 amide bonds. The lowest BCUT2D eigenvalue weighted by Crippen LogP contribution is -2.27. The first-order valence-electron chi connectivity index (χ1n) is 5.40. The Labute approximate surface area is 107 Å². The number of rotatable bonds is 4. The predicted molar refractivity (Wildman–Crippen MR) is 67.7 cm³/mol. The van der Waals surface area contributed by atoms with Crippen molar-refractivity contribution >= 4 is 17.2 Å². The molecule has 94 valence electrons. The molecule has 2 N–H and O–H groups in total. The molecule has 0 fully saturated rings. The quantitative estimate of drug-likeness (QED) is 0.842. The molecule has 0 aliphatic rings. The number of hydrogen-bond donors (Lipinski definition) is 2. The van der Waals surface area contributed by atoms with Gasteiger partial charge in [0.2, 0.25) is 0 Å². The van der Waals surface area contributed by atoms with Gasteiger partial charge in [-0.1, -0.05) is 0 Å². The number of nitrogens with one attached hydrogen (secondary N) is 2. The van der Waals surface area contributed by atoms with E-state index in [0.717, 1.165) is 10.7 Å². The van der Waals surface area contributed by atoms with Crippen LogP contribution in [0.2, 0.25) is 0 Å². The van der Waals surface area contributed by atoms with Crippen LogP contribution < -0.4 is 10.9 Å². The number of aromatic nitrogens is 3. The zero-order valence-corrected chi connectivity index (χ0v) is 10.6. The van der Waals surface area contributed by atoms with Crippen LogP contribution in [0.1, 0.15) is 21.2 Å². The summed E-state index contributed by atoms with van der Waals surface area (Å²) in [4.78, 5) is 26.7. The number of nitrogens with zero attached hydrogens (tertiary/aromatic N) is 2. The summed E-state index contributed by atoms with van der Waals surface area (Å²) in [6.07, 6.45) is 0.680. The third-order valence-electron chi connectivity index (χ3n) is 2.25. The van der Waals surface area contributed by atoms with E-state index in [2.05, 4.69) is 20.5 Å². The first kappa shape index (κ1) is 12.4. The van der Waals surface area contributed by atoms with Crippen LogP contribution in [0, 0.1) is 6.92 Å². The van der Waals surface area contributed by atoms with Crippen LogP contribution in [0.25, 0.3) is 0 Å². The molecule has 2 rings (SSSR count). The largest absolute Gasteiger partial charge is 0.350 e. The number of carbonyl (C=O) groups excluding carboxylic acids is 1. The molecule has 18 heavy (non-hydrogen) atoms. The standard InChI is InChI=1S/C11H12N4O2S/c1-7-13-8(6-18-7)4-5-12-11(17)9-2-3-10(16)15-14-9/h2-3,6H,4-5H2,1H3,(H,12,17)(H,15,16). The van der Waals surface area contributed by atoms with Gasteiger partial charge >= 0.3 is 0 Å². The van der Waals surface area contributed by atoms with Gasteiger partial charge in [0.05, 0.1) is 10.7 Å². The monoisotopic (exact) mass is 264 g/mol. The zero-order chi connectivity index (χ0) is 13.0. The highest BCUT2D eigenvalue weighted by molar-refractivity contribution is 7.09. The smallest absolute Gasteiger partial charge is 0.271 e. The Bertz CT molecular complexity index is 585. The van der Waals surface area contributed by atoms with Crippen LogP contribution in [0.3, 0.4) is 0 Å². The highest BCUT2D eigenvalue weighted by Gasteiger charge is 2.06. The van der Waals surface area contributed by atoms with Crippen LogP contribution in [-0.2, 0) is 6.42 Å². The molecular weight excluding hydrogens is 252 g/mol. The highest BCUT2D eigenvalue weighted by atomic mass is 32.1. The minimum absolute atomic E-state index is 0.198. The fraction of sp³-hybridized carbons (Fsp3) is 0.273. The van der Waals surface area contributed by atoms with Crippen molar-refractivity contribution < 1.29 is 4.79 Å². The summed E-state index contributed by atoms with van der Waals surface area (Å²) in [5, 5.41) is 11.6. The molecule has 0 spiro atoms. The van der Waals surface area contributed by atoms with Crippen LogP contribution >= 0.6 is 11.3 Å². The zero-order valence-electron chi connectivity index (χ0n) is 9.77. The highest BCUT2D eigenvalue weighted by Crippen LogP contribution is 2.07. The molecule has 0 atom stereocenters. The summed E-state index contributed by atoms with van der Waals surface area (Å²) in [5.74, 6) is -0.307. The molecular formula is C11H12N4O2S. The van der Waals surface area contributed by atoms with Crippen molar-refractivity contribution in [2.45, 2.75) is 13.3 Å². The molecule has 2 heterocycles. The molecule has 0 aliphatic carbocycles. The van der Waals surface area contributed by atoms with E-state index in [0.29, 0.717) is 13.0 Å². The van der Waals surface area contributed by atoms with Gasteiger partial charge in [-0.3, -0.25) is 9.59 Å². The Morgan fingerprint density at radius 2 is 2.33 bits per heavy atom. The molecule has 6 nitrogen and oxygen atoms in total. The second kappa shape index (κ2) is 5.54. The van der Waals surface area contributed by atoms with Crippen molar-refractivity contribution in [1.29, 1.82) is 0 Å². The summed E-state index contributed by atoms with van der Waals surface area (Å²) in [5.41, 5.74) is 0.834. The fourth-order valence-corrected chi connectivity index (χ4v) is 2.04. The van der Waals surface area contributed by atoms with Gasteiger partial charge in [0, 0.05) is 24.4 Å². The minimum Gasteiger partial charge on any atom is -0.350 e. The number of thiazole rings is 1. The Hall–Kier alpha value is -2.02. The van der Waals surface area contributed by atoms with E-state index in [4.69, 9.17) is 0 Å². The van der Waals surface area contributed by atoms with E-state index >= 15 is 0 Å². The lowest BCUT2D eigenvalue weighted by Gasteiger charge is -2.02. The van der Waals surface area contributed by atoms with E-state index in [9.17, 15) is 9.59 Å². The molecule has 0 unspecified atom stereocenters. The SMILES string of the molecule is Cc1nc(CCNC(=O)c2ccc(=O)[nH]n2)cs1. The van der Waals surface area contributed by atoms with Crippen molar-refractivity contribution in [3.8, 4) is 0 Å². The number of carbonyl (C=O) groups is 1. The topological polar surface area (TPSA) is 87.7 Å². The lowest BCUT2D eigenvalue weighted by atomic mass is 10.3. The Morgan fingerprint density at radius 3 is 2.94 bits per heavy atom. The van der Waals surface area contributed by atoms with Crippen molar-refractivity contribution in [2.75, 3.05) is 6.54 Å². The van der Waals surface area contributed by atoms with Gasteiger partial charge in [-0.25, -0.2) is 10.1 Å². The van der Waals surface area contributed by atoms with Crippen LogP contribution in [0.4, 0.5) is 0 Å². The maximum Gasteiger partial charge on any atom is 0.271 e. The average molecular weight is 264 g/mol. The summed E-state index contributed by atoms with van der Waals surface area (Å²) in [6.45, 7) is 2.43. The minimum atomic E-state index is -0.329. The van der Waals surface area contributed by atoms with Gasteiger partial charge in [-0.2, -0.15) is 5.10 Å². The first-order chi connectivity index (χ1) is 8.65. The van der Waals surface area contributed by atoms with E-state index in [1.54, 1.807) is 11.3 Å². The van der Waals surface area contributed by atoms with Crippen molar-refractivity contribution in [1.82, 2.24) is 20.5 Å². The van der Waals surface area contributed by atoms with E-state index in [1.807, 2.05) is 12.3 Å². The molecule has 7 heteroatoms. The maximum absolute atomic E-state index is 11.6. The number of amides is 1. The van der Waals surface area contributed by atoms with E-state index < -0.39 is 0 Å². The third-order valence-corrected chi connectivity index (χ3v) is 3.07. The van der Waals surface area contributed by atoms with Crippen LogP contribution in [-0.4, -0.2) is 27.6 Å². The first-order valence-corrected chi connectivity index (χ1v) is 6.28. The molecule has 0 radical (unpaired) electrons. The molecule has 2 aromatic rings. The van der Waals surface area contributed by atoms with Crippen LogP contribution in [0.15, 0.2) is 22.3 Å². The van der Waals surface area contributed by atoms with Gasteiger partial charge < -0.3 is 5.32 Å². The van der Waals surface area contributed by atoms with E-state index in [1.165, 1.54) is 12.1 Å². The lowest BCUT2D eigenvalue weighted by molar-refractivity contribution is 0.0948. The number of aryl methyl sites for hydroxylation is 1. The third kappa shape index (κ3) is 3.24. The summed E-state index contributed by atoms with van der Waals surface area (Å²) in [7, 11) is 0.